The van der Waals surface area contributed by atoms with Gasteiger partial charge < -0.3 is 4.90 Å². The summed E-state index contributed by atoms with van der Waals surface area (Å²) in [6, 6.07) is 7.65. The lowest BCUT2D eigenvalue weighted by Crippen LogP contribution is -2.48. The molecule has 1 atom stereocenters. The highest BCUT2D eigenvalue weighted by Gasteiger charge is 2.30. The summed E-state index contributed by atoms with van der Waals surface area (Å²) in [5.41, 5.74) is 0.449. The maximum absolute atomic E-state index is 12.2. The number of hydrogen-bond donors (Lipinski definition) is 0. The standard InChI is InChI=1S/C14H18N2O3S/c1-5-11-15(3)14(17)12(2)16(20(4,18)19)13-9-7-6-8-10-13/h1,6-10,12H,11H2,2-4H3. The van der Waals surface area contributed by atoms with Crippen molar-refractivity contribution in [2.45, 2.75) is 13.0 Å². The topological polar surface area (TPSA) is 57.7 Å². The van der Waals surface area contributed by atoms with Gasteiger partial charge in [-0.25, -0.2) is 8.42 Å². The van der Waals surface area contributed by atoms with Gasteiger partial charge in [0.25, 0.3) is 0 Å². The van der Waals surface area contributed by atoms with Crippen molar-refractivity contribution in [3.8, 4) is 12.3 Å². The van der Waals surface area contributed by atoms with E-state index in [1.807, 2.05) is 0 Å². The number of terminal acetylenes is 1. The summed E-state index contributed by atoms with van der Waals surface area (Å²) in [5, 5.41) is 0. The molecule has 1 amide bonds. The molecule has 20 heavy (non-hydrogen) atoms. The van der Waals surface area contributed by atoms with Crippen LogP contribution in [0.25, 0.3) is 0 Å². The molecule has 0 heterocycles. The van der Waals surface area contributed by atoms with E-state index in [1.54, 1.807) is 44.3 Å². The number of carbonyl (C=O) groups is 1. The third-order valence-corrected chi connectivity index (χ3v) is 4.02. The van der Waals surface area contributed by atoms with Gasteiger partial charge in [-0.2, -0.15) is 0 Å². The van der Waals surface area contributed by atoms with Gasteiger partial charge in [0.05, 0.1) is 18.5 Å². The molecule has 0 N–H and O–H groups in total. The Morgan fingerprint density at radius 3 is 2.35 bits per heavy atom. The highest BCUT2D eigenvalue weighted by molar-refractivity contribution is 7.92. The zero-order valence-corrected chi connectivity index (χ0v) is 12.6. The summed E-state index contributed by atoms with van der Waals surface area (Å²) in [6.45, 7) is 1.68. The van der Waals surface area contributed by atoms with Gasteiger partial charge in [-0.15, -0.1) is 6.42 Å². The second-order valence-corrected chi connectivity index (χ2v) is 6.33. The number of para-hydroxylation sites is 1. The first-order valence-corrected chi connectivity index (χ1v) is 7.86. The van der Waals surface area contributed by atoms with Crippen molar-refractivity contribution >= 4 is 21.6 Å². The van der Waals surface area contributed by atoms with Gasteiger partial charge in [0.2, 0.25) is 15.9 Å². The number of nitrogens with zero attached hydrogens (tertiary/aromatic N) is 2. The first kappa shape index (κ1) is 16.1. The van der Waals surface area contributed by atoms with Crippen LogP contribution in [0.15, 0.2) is 30.3 Å². The predicted molar refractivity (Wildman–Crippen MR) is 79.7 cm³/mol. The van der Waals surface area contributed by atoms with E-state index in [0.717, 1.165) is 10.6 Å². The van der Waals surface area contributed by atoms with Crippen LogP contribution in [0.1, 0.15) is 6.92 Å². The maximum Gasteiger partial charge on any atom is 0.246 e. The van der Waals surface area contributed by atoms with Crippen LogP contribution in [-0.4, -0.2) is 45.1 Å². The molecule has 0 saturated carbocycles. The molecule has 0 bridgehead atoms. The van der Waals surface area contributed by atoms with Gasteiger partial charge in [-0.1, -0.05) is 24.1 Å². The molecule has 0 radical (unpaired) electrons. The summed E-state index contributed by atoms with van der Waals surface area (Å²) in [7, 11) is -2.03. The molecule has 1 rings (SSSR count). The van der Waals surface area contributed by atoms with E-state index in [0.29, 0.717) is 5.69 Å². The van der Waals surface area contributed by atoms with Crippen molar-refractivity contribution in [3.05, 3.63) is 30.3 Å². The van der Waals surface area contributed by atoms with Crippen molar-refractivity contribution < 1.29 is 13.2 Å². The summed E-state index contributed by atoms with van der Waals surface area (Å²) in [6.07, 6.45) is 6.24. The van der Waals surface area contributed by atoms with E-state index in [1.165, 1.54) is 4.90 Å². The number of carbonyl (C=O) groups excluding carboxylic acids is 1. The second-order valence-electron chi connectivity index (χ2n) is 4.47. The third-order valence-electron chi connectivity index (χ3n) is 2.78. The van der Waals surface area contributed by atoms with Gasteiger partial charge >= 0.3 is 0 Å². The Balaban J connectivity index is 3.15. The minimum atomic E-state index is -3.58. The lowest BCUT2D eigenvalue weighted by Gasteiger charge is -2.30. The lowest BCUT2D eigenvalue weighted by molar-refractivity contribution is -0.130. The van der Waals surface area contributed by atoms with Gasteiger partial charge in [0.1, 0.15) is 6.04 Å². The molecule has 1 aromatic carbocycles. The number of sulfonamides is 1. The van der Waals surface area contributed by atoms with E-state index in [-0.39, 0.29) is 12.5 Å². The molecule has 0 saturated heterocycles. The average Bonchev–Trinajstić information content (AvgIpc) is 2.37. The van der Waals surface area contributed by atoms with Crippen molar-refractivity contribution in [2.75, 3.05) is 24.2 Å². The number of amides is 1. The highest BCUT2D eigenvalue weighted by atomic mass is 32.2. The molecule has 0 spiro atoms. The summed E-state index contributed by atoms with van der Waals surface area (Å²) >= 11 is 0. The van der Waals surface area contributed by atoms with Crippen molar-refractivity contribution in [1.29, 1.82) is 0 Å². The van der Waals surface area contributed by atoms with Crippen molar-refractivity contribution in [1.82, 2.24) is 4.90 Å². The molecular formula is C14H18N2O3S. The van der Waals surface area contributed by atoms with E-state index in [9.17, 15) is 13.2 Å². The fourth-order valence-electron chi connectivity index (χ4n) is 1.91. The molecule has 1 unspecified atom stereocenters. The van der Waals surface area contributed by atoms with Crippen LogP contribution in [0.4, 0.5) is 5.69 Å². The summed E-state index contributed by atoms with van der Waals surface area (Å²) in [4.78, 5) is 13.5. The zero-order valence-electron chi connectivity index (χ0n) is 11.8. The van der Waals surface area contributed by atoms with E-state index in [2.05, 4.69) is 5.92 Å². The molecule has 0 aliphatic rings. The second kappa shape index (κ2) is 6.44. The maximum atomic E-state index is 12.2. The molecule has 0 aliphatic heterocycles. The van der Waals surface area contributed by atoms with Crippen LogP contribution in [-0.2, 0) is 14.8 Å². The molecular weight excluding hydrogens is 276 g/mol. The minimum absolute atomic E-state index is 0.134. The Labute approximate surface area is 120 Å². The number of rotatable bonds is 5. The first-order valence-electron chi connectivity index (χ1n) is 6.02. The Hall–Kier alpha value is -2.00. The quantitative estimate of drug-likeness (QED) is 0.759. The number of benzene rings is 1. The van der Waals surface area contributed by atoms with Crippen LogP contribution in [0.3, 0.4) is 0 Å². The van der Waals surface area contributed by atoms with Gasteiger partial charge in [0.15, 0.2) is 0 Å². The van der Waals surface area contributed by atoms with Crippen LogP contribution >= 0.6 is 0 Å². The number of hydrogen-bond acceptors (Lipinski definition) is 3. The van der Waals surface area contributed by atoms with Gasteiger partial charge in [-0.3, -0.25) is 9.10 Å². The average molecular weight is 294 g/mol. The van der Waals surface area contributed by atoms with Gasteiger partial charge in [-0.05, 0) is 19.1 Å². The van der Waals surface area contributed by atoms with E-state index >= 15 is 0 Å². The van der Waals surface area contributed by atoms with E-state index in [4.69, 9.17) is 6.42 Å². The summed E-state index contributed by atoms with van der Waals surface area (Å²) < 4.78 is 25.0. The fourth-order valence-corrected chi connectivity index (χ4v) is 3.08. The Kier molecular flexibility index (Phi) is 5.17. The molecule has 6 heteroatoms. The van der Waals surface area contributed by atoms with Crippen molar-refractivity contribution in [3.63, 3.8) is 0 Å². The smallest absolute Gasteiger partial charge is 0.246 e. The Morgan fingerprint density at radius 2 is 1.90 bits per heavy atom. The van der Waals surface area contributed by atoms with Gasteiger partial charge in [0, 0.05) is 7.05 Å². The molecule has 0 fully saturated rings. The van der Waals surface area contributed by atoms with Crippen LogP contribution in [0, 0.1) is 12.3 Å². The molecule has 0 aromatic heterocycles. The molecule has 0 aliphatic carbocycles. The minimum Gasteiger partial charge on any atom is -0.333 e. The van der Waals surface area contributed by atoms with Crippen LogP contribution in [0.5, 0.6) is 0 Å². The van der Waals surface area contributed by atoms with Crippen LogP contribution < -0.4 is 4.31 Å². The SMILES string of the molecule is C#CCN(C)C(=O)C(C)N(c1ccccc1)S(C)(=O)=O. The summed E-state index contributed by atoms with van der Waals surface area (Å²) in [5.74, 6) is 2.01. The lowest BCUT2D eigenvalue weighted by atomic mass is 10.2. The number of anilines is 1. The molecule has 5 nitrogen and oxygen atoms in total. The predicted octanol–water partition coefficient (Wildman–Crippen LogP) is 0.933. The molecule has 108 valence electrons. The van der Waals surface area contributed by atoms with Crippen molar-refractivity contribution in [2.24, 2.45) is 0 Å². The normalized spacial score (nSPS) is 12.3. The molecule has 1 aromatic rings. The Bertz CT molecular complexity index is 605. The third kappa shape index (κ3) is 3.75. The largest absolute Gasteiger partial charge is 0.333 e. The number of likely N-dealkylation sites (N-methyl/N-ethyl adjacent to an activating group) is 1. The van der Waals surface area contributed by atoms with E-state index < -0.39 is 16.1 Å². The fraction of sp³-hybridized carbons (Fsp3) is 0.357. The zero-order chi connectivity index (χ0) is 15.3. The first-order chi connectivity index (χ1) is 9.29. The monoisotopic (exact) mass is 294 g/mol. The van der Waals surface area contributed by atoms with Crippen LogP contribution in [0.2, 0.25) is 0 Å². The Morgan fingerprint density at radius 1 is 1.35 bits per heavy atom. The highest BCUT2D eigenvalue weighted by Crippen LogP contribution is 2.20.